The van der Waals surface area contributed by atoms with Crippen LogP contribution in [-0.2, 0) is 0 Å². The van der Waals surface area contributed by atoms with E-state index in [2.05, 4.69) is 20.5 Å². The summed E-state index contributed by atoms with van der Waals surface area (Å²) in [7, 11) is 0. The Hall–Kier alpha value is -3.32. The van der Waals surface area contributed by atoms with Crippen molar-refractivity contribution in [2.75, 3.05) is 0 Å². The molecule has 0 radical (unpaired) electrons. The maximum Gasteiger partial charge on any atom is 0.272 e. The van der Waals surface area contributed by atoms with Crippen molar-refractivity contribution in [2.24, 2.45) is 0 Å². The third kappa shape index (κ3) is 4.08. The number of H-pyrrole nitrogens is 1. The van der Waals surface area contributed by atoms with Gasteiger partial charge in [-0.1, -0.05) is 30.3 Å². The minimum absolute atomic E-state index is 0.0452. The van der Waals surface area contributed by atoms with Crippen molar-refractivity contribution in [1.29, 1.82) is 0 Å². The first-order chi connectivity index (χ1) is 15.6. The SMILES string of the molecule is Cc1csc(-c2cccc(C(=O)NC3CCC(c4n[nH]c(=O)c5ccccc45)CC3)c2)n1. The highest BCUT2D eigenvalue weighted by atomic mass is 32.1. The van der Waals surface area contributed by atoms with Crippen LogP contribution in [0.5, 0.6) is 0 Å². The molecular formula is C25H24N4O2S. The zero-order valence-electron chi connectivity index (χ0n) is 17.8. The summed E-state index contributed by atoms with van der Waals surface area (Å²) in [4.78, 5) is 29.5. The highest BCUT2D eigenvalue weighted by Crippen LogP contribution is 2.34. The Morgan fingerprint density at radius 2 is 1.84 bits per heavy atom. The van der Waals surface area contributed by atoms with Gasteiger partial charge in [0.1, 0.15) is 5.01 Å². The molecule has 0 saturated heterocycles. The lowest BCUT2D eigenvalue weighted by atomic mass is 9.82. The standard InChI is InChI=1S/C25H24N4O2S/c1-15-14-32-25(26-15)18-6-4-5-17(13-18)23(30)27-19-11-9-16(10-12-19)22-20-7-2-3-8-21(20)24(31)29-28-22/h2-8,13-14,16,19H,9-12H2,1H3,(H,27,30)(H,29,31). The van der Waals surface area contributed by atoms with Crippen LogP contribution in [0.25, 0.3) is 21.3 Å². The minimum Gasteiger partial charge on any atom is -0.349 e. The van der Waals surface area contributed by atoms with Crippen LogP contribution < -0.4 is 10.9 Å². The summed E-state index contributed by atoms with van der Waals surface area (Å²) in [6.45, 7) is 1.97. The number of fused-ring (bicyclic) bond motifs is 1. The van der Waals surface area contributed by atoms with E-state index < -0.39 is 0 Å². The van der Waals surface area contributed by atoms with Crippen molar-refractivity contribution in [1.82, 2.24) is 20.5 Å². The molecule has 0 atom stereocenters. The summed E-state index contributed by atoms with van der Waals surface area (Å²) in [5.74, 6) is 0.234. The van der Waals surface area contributed by atoms with Gasteiger partial charge in [-0.2, -0.15) is 5.10 Å². The lowest BCUT2D eigenvalue weighted by Gasteiger charge is -2.29. The number of hydrogen-bond donors (Lipinski definition) is 2. The Morgan fingerprint density at radius 3 is 2.59 bits per heavy atom. The zero-order valence-corrected chi connectivity index (χ0v) is 18.6. The van der Waals surface area contributed by atoms with E-state index in [-0.39, 0.29) is 23.4 Å². The number of aromatic amines is 1. The number of aryl methyl sites for hydroxylation is 1. The van der Waals surface area contributed by atoms with Crippen LogP contribution in [-0.4, -0.2) is 27.1 Å². The second kappa shape index (κ2) is 8.67. The van der Waals surface area contributed by atoms with Crippen molar-refractivity contribution in [2.45, 2.75) is 44.6 Å². The Morgan fingerprint density at radius 1 is 1.06 bits per heavy atom. The lowest BCUT2D eigenvalue weighted by molar-refractivity contribution is 0.0925. The number of hydrogen-bond acceptors (Lipinski definition) is 5. The average molecular weight is 445 g/mol. The van der Waals surface area contributed by atoms with Gasteiger partial charge in [-0.15, -0.1) is 11.3 Å². The molecule has 1 amide bonds. The molecule has 7 heteroatoms. The van der Waals surface area contributed by atoms with Crippen molar-refractivity contribution in [3.63, 3.8) is 0 Å². The molecule has 1 saturated carbocycles. The summed E-state index contributed by atoms with van der Waals surface area (Å²) >= 11 is 1.59. The van der Waals surface area contributed by atoms with Crippen LogP contribution >= 0.6 is 11.3 Å². The quantitative estimate of drug-likeness (QED) is 0.473. The molecule has 0 bridgehead atoms. The fraction of sp³-hybridized carbons (Fsp3) is 0.280. The molecule has 1 aliphatic carbocycles. The second-order valence-corrected chi connectivity index (χ2v) is 9.24. The highest BCUT2D eigenvalue weighted by Gasteiger charge is 2.26. The topological polar surface area (TPSA) is 87.7 Å². The predicted molar refractivity (Wildman–Crippen MR) is 127 cm³/mol. The summed E-state index contributed by atoms with van der Waals surface area (Å²) in [5, 5.41) is 14.8. The summed E-state index contributed by atoms with van der Waals surface area (Å²) in [6.07, 6.45) is 3.62. The summed E-state index contributed by atoms with van der Waals surface area (Å²) in [6, 6.07) is 15.4. The van der Waals surface area contributed by atoms with E-state index in [0.29, 0.717) is 10.9 Å². The van der Waals surface area contributed by atoms with Crippen LogP contribution in [0.3, 0.4) is 0 Å². The van der Waals surface area contributed by atoms with Gasteiger partial charge in [0.05, 0.1) is 11.1 Å². The van der Waals surface area contributed by atoms with Gasteiger partial charge in [-0.05, 0) is 50.8 Å². The van der Waals surface area contributed by atoms with E-state index in [4.69, 9.17) is 0 Å². The van der Waals surface area contributed by atoms with Gasteiger partial charge in [-0.3, -0.25) is 9.59 Å². The van der Waals surface area contributed by atoms with E-state index in [0.717, 1.165) is 53.0 Å². The van der Waals surface area contributed by atoms with Crippen LogP contribution in [0.2, 0.25) is 0 Å². The molecule has 0 aliphatic heterocycles. The maximum atomic E-state index is 12.9. The average Bonchev–Trinajstić information content (AvgIpc) is 3.27. The highest BCUT2D eigenvalue weighted by molar-refractivity contribution is 7.13. The summed E-state index contributed by atoms with van der Waals surface area (Å²) in [5.41, 5.74) is 3.42. The van der Waals surface area contributed by atoms with Gasteiger partial charge >= 0.3 is 0 Å². The number of thiazole rings is 1. The Bertz CT molecular complexity index is 1340. The fourth-order valence-corrected chi connectivity index (χ4v) is 5.30. The number of benzene rings is 2. The Labute approximate surface area is 189 Å². The van der Waals surface area contributed by atoms with Gasteiger partial charge in [0, 0.05) is 39.5 Å². The molecule has 5 rings (SSSR count). The van der Waals surface area contributed by atoms with Crippen LogP contribution in [0.1, 0.15) is 53.3 Å². The van der Waals surface area contributed by atoms with Crippen LogP contribution in [0.15, 0.2) is 58.7 Å². The molecule has 2 heterocycles. The fourth-order valence-electron chi connectivity index (χ4n) is 4.51. The van der Waals surface area contributed by atoms with Gasteiger partial charge in [0.2, 0.25) is 0 Å². The molecular weight excluding hydrogens is 420 g/mol. The number of aromatic nitrogens is 3. The van der Waals surface area contributed by atoms with Gasteiger partial charge in [0.15, 0.2) is 0 Å². The van der Waals surface area contributed by atoms with Crippen LogP contribution in [0, 0.1) is 6.92 Å². The van der Waals surface area contributed by atoms with E-state index >= 15 is 0 Å². The largest absolute Gasteiger partial charge is 0.349 e. The van der Waals surface area contributed by atoms with E-state index in [1.807, 2.05) is 60.8 Å². The number of carbonyl (C=O) groups is 1. The molecule has 2 aromatic heterocycles. The first kappa shape index (κ1) is 20.6. The van der Waals surface area contributed by atoms with Crippen molar-refractivity contribution < 1.29 is 4.79 Å². The smallest absolute Gasteiger partial charge is 0.272 e. The first-order valence-electron chi connectivity index (χ1n) is 10.9. The Kier molecular flexibility index (Phi) is 5.57. The van der Waals surface area contributed by atoms with Crippen molar-refractivity contribution in [3.8, 4) is 10.6 Å². The molecule has 2 N–H and O–H groups in total. The molecule has 6 nitrogen and oxygen atoms in total. The number of rotatable bonds is 4. The molecule has 2 aromatic carbocycles. The monoisotopic (exact) mass is 444 g/mol. The first-order valence-corrected chi connectivity index (χ1v) is 11.8. The molecule has 1 aliphatic rings. The van der Waals surface area contributed by atoms with E-state index in [9.17, 15) is 9.59 Å². The third-order valence-corrected chi connectivity index (χ3v) is 7.17. The normalized spacial score (nSPS) is 18.5. The molecule has 32 heavy (non-hydrogen) atoms. The number of nitrogens with one attached hydrogen (secondary N) is 2. The number of nitrogens with zero attached hydrogens (tertiary/aromatic N) is 2. The predicted octanol–water partition coefficient (Wildman–Crippen LogP) is 4.81. The van der Waals surface area contributed by atoms with Gasteiger partial charge < -0.3 is 5.32 Å². The third-order valence-electron chi connectivity index (χ3n) is 6.17. The van der Waals surface area contributed by atoms with Crippen molar-refractivity contribution in [3.05, 3.63) is 81.2 Å². The van der Waals surface area contributed by atoms with Crippen molar-refractivity contribution >= 4 is 28.0 Å². The summed E-state index contributed by atoms with van der Waals surface area (Å²) < 4.78 is 0. The molecule has 1 fully saturated rings. The van der Waals surface area contributed by atoms with Gasteiger partial charge in [-0.25, -0.2) is 10.1 Å². The molecule has 0 spiro atoms. The minimum atomic E-state index is -0.152. The molecule has 162 valence electrons. The van der Waals surface area contributed by atoms with E-state index in [1.165, 1.54) is 0 Å². The number of carbonyl (C=O) groups excluding carboxylic acids is 1. The van der Waals surface area contributed by atoms with Gasteiger partial charge in [0.25, 0.3) is 11.5 Å². The maximum absolute atomic E-state index is 12.9. The lowest BCUT2D eigenvalue weighted by Crippen LogP contribution is -2.37. The molecule has 0 unspecified atom stereocenters. The van der Waals surface area contributed by atoms with E-state index in [1.54, 1.807) is 11.3 Å². The molecule has 4 aromatic rings. The van der Waals surface area contributed by atoms with Crippen LogP contribution in [0.4, 0.5) is 0 Å². The second-order valence-electron chi connectivity index (χ2n) is 8.38. The zero-order chi connectivity index (χ0) is 22.1. The number of amides is 1. The Balaban J connectivity index is 1.26.